The van der Waals surface area contributed by atoms with Crippen LogP contribution < -0.4 is 5.32 Å². The maximum Gasteiger partial charge on any atom is 0.112 e. The fraction of sp³-hybridized carbons (Fsp3) is 0.571. The van der Waals surface area contributed by atoms with Crippen molar-refractivity contribution in [3.63, 3.8) is 0 Å². The molecule has 1 unspecified atom stereocenters. The molecule has 2 heterocycles. The molecule has 4 heteroatoms. The number of imidazole rings is 1. The molecule has 0 saturated carbocycles. The lowest BCUT2D eigenvalue weighted by Gasteiger charge is -2.19. The van der Waals surface area contributed by atoms with Crippen LogP contribution in [0.1, 0.15) is 37.4 Å². The van der Waals surface area contributed by atoms with Crippen LogP contribution >= 0.6 is 0 Å². The summed E-state index contributed by atoms with van der Waals surface area (Å²) in [5.41, 5.74) is 0. The molecule has 0 aromatic carbocycles. The Bertz CT molecular complexity index is 458. The first-order valence-corrected chi connectivity index (χ1v) is 6.87. The van der Waals surface area contributed by atoms with Gasteiger partial charge in [-0.15, -0.1) is 0 Å². The fourth-order valence-electron chi connectivity index (χ4n) is 2.74. The third-order valence-corrected chi connectivity index (χ3v) is 3.71. The van der Waals surface area contributed by atoms with E-state index in [9.17, 15) is 0 Å². The normalized spacial score (nSPS) is 22.9. The third kappa shape index (κ3) is 2.47. The van der Waals surface area contributed by atoms with Crippen LogP contribution in [0.5, 0.6) is 0 Å². The van der Waals surface area contributed by atoms with Crippen molar-refractivity contribution >= 4 is 5.84 Å². The molecule has 4 nitrogen and oxygen atoms in total. The molecular weight excluding hydrogens is 224 g/mol. The summed E-state index contributed by atoms with van der Waals surface area (Å²) >= 11 is 0. The molecule has 1 atom stereocenters. The Balaban J connectivity index is 1.65. The van der Waals surface area contributed by atoms with Crippen molar-refractivity contribution in [2.75, 3.05) is 13.1 Å². The van der Waals surface area contributed by atoms with Crippen molar-refractivity contribution in [3.8, 4) is 0 Å². The number of hydrogen-bond donors (Lipinski definition) is 1. The SMILES string of the molecule is C1=CCC(c2nccn2CCC2=NCCN2)CC1. The van der Waals surface area contributed by atoms with Crippen LogP contribution in [0.15, 0.2) is 29.5 Å². The Morgan fingerprint density at radius 1 is 1.39 bits per heavy atom. The minimum absolute atomic E-state index is 0.600. The molecule has 96 valence electrons. The van der Waals surface area contributed by atoms with Crippen LogP contribution in [0.3, 0.4) is 0 Å². The summed E-state index contributed by atoms with van der Waals surface area (Å²) in [5.74, 6) is 3.00. The molecule has 0 radical (unpaired) electrons. The van der Waals surface area contributed by atoms with Gasteiger partial charge in [-0.25, -0.2) is 4.98 Å². The molecule has 0 amide bonds. The zero-order valence-corrected chi connectivity index (χ0v) is 10.7. The van der Waals surface area contributed by atoms with E-state index in [4.69, 9.17) is 0 Å². The Hall–Kier alpha value is -1.58. The smallest absolute Gasteiger partial charge is 0.112 e. The average Bonchev–Trinajstić information content (AvgIpc) is 3.09. The predicted molar refractivity (Wildman–Crippen MR) is 72.9 cm³/mol. The van der Waals surface area contributed by atoms with Gasteiger partial charge in [0, 0.05) is 37.8 Å². The predicted octanol–water partition coefficient (Wildman–Crippen LogP) is 2.10. The van der Waals surface area contributed by atoms with Crippen LogP contribution in [0.2, 0.25) is 0 Å². The Morgan fingerprint density at radius 2 is 2.39 bits per heavy atom. The molecule has 18 heavy (non-hydrogen) atoms. The third-order valence-electron chi connectivity index (χ3n) is 3.71. The average molecular weight is 244 g/mol. The summed E-state index contributed by atoms with van der Waals surface area (Å²) in [6.07, 6.45) is 13.1. The highest BCUT2D eigenvalue weighted by atomic mass is 15.1. The molecular formula is C14H20N4. The van der Waals surface area contributed by atoms with E-state index < -0.39 is 0 Å². The quantitative estimate of drug-likeness (QED) is 0.824. The molecule has 0 spiro atoms. The van der Waals surface area contributed by atoms with Gasteiger partial charge in [0.1, 0.15) is 5.82 Å². The highest BCUT2D eigenvalue weighted by molar-refractivity contribution is 5.83. The first-order chi connectivity index (χ1) is 8.93. The van der Waals surface area contributed by atoms with E-state index in [0.717, 1.165) is 38.3 Å². The summed E-state index contributed by atoms with van der Waals surface area (Å²) in [4.78, 5) is 8.99. The van der Waals surface area contributed by atoms with Gasteiger partial charge in [-0.3, -0.25) is 4.99 Å². The second-order valence-electron chi connectivity index (χ2n) is 4.97. The van der Waals surface area contributed by atoms with Gasteiger partial charge in [0.15, 0.2) is 0 Å². The van der Waals surface area contributed by atoms with Crippen molar-refractivity contribution < 1.29 is 0 Å². The molecule has 2 aliphatic rings. The molecule has 3 rings (SSSR count). The summed E-state index contributed by atoms with van der Waals surface area (Å²) in [6, 6.07) is 0. The molecule has 1 N–H and O–H groups in total. The van der Waals surface area contributed by atoms with Crippen molar-refractivity contribution in [3.05, 3.63) is 30.4 Å². The van der Waals surface area contributed by atoms with Gasteiger partial charge in [-0.05, 0) is 19.3 Å². The maximum atomic E-state index is 4.55. The van der Waals surface area contributed by atoms with Crippen LogP contribution in [0, 0.1) is 0 Å². The number of nitrogens with zero attached hydrogens (tertiary/aromatic N) is 3. The van der Waals surface area contributed by atoms with E-state index in [1.54, 1.807) is 0 Å². The van der Waals surface area contributed by atoms with Crippen LogP contribution in [0.4, 0.5) is 0 Å². The summed E-state index contributed by atoms with van der Waals surface area (Å²) < 4.78 is 2.30. The lowest BCUT2D eigenvalue weighted by atomic mass is 9.93. The number of hydrogen-bond acceptors (Lipinski definition) is 3. The van der Waals surface area contributed by atoms with Crippen molar-refractivity contribution in [1.82, 2.24) is 14.9 Å². The number of aryl methyl sites for hydroxylation is 1. The first-order valence-electron chi connectivity index (χ1n) is 6.87. The number of allylic oxidation sites excluding steroid dienone is 2. The van der Waals surface area contributed by atoms with Crippen LogP contribution in [-0.2, 0) is 6.54 Å². The Kier molecular flexibility index (Phi) is 3.44. The summed E-state index contributed by atoms with van der Waals surface area (Å²) in [5, 5.41) is 3.32. The van der Waals surface area contributed by atoms with E-state index in [1.165, 1.54) is 18.7 Å². The van der Waals surface area contributed by atoms with Gasteiger partial charge < -0.3 is 9.88 Å². The molecule has 1 aliphatic heterocycles. The van der Waals surface area contributed by atoms with Crippen LogP contribution in [0.25, 0.3) is 0 Å². The van der Waals surface area contributed by atoms with Gasteiger partial charge in [0.05, 0.1) is 12.4 Å². The van der Waals surface area contributed by atoms with Crippen molar-refractivity contribution in [2.45, 2.75) is 38.1 Å². The molecule has 0 bridgehead atoms. The number of aromatic nitrogens is 2. The highest BCUT2D eigenvalue weighted by Gasteiger charge is 2.17. The maximum absolute atomic E-state index is 4.55. The van der Waals surface area contributed by atoms with Gasteiger partial charge >= 0.3 is 0 Å². The molecule has 1 aromatic heterocycles. The van der Waals surface area contributed by atoms with E-state index in [-0.39, 0.29) is 0 Å². The van der Waals surface area contributed by atoms with E-state index in [1.807, 2.05) is 6.20 Å². The number of rotatable bonds is 4. The Labute approximate surface area is 108 Å². The molecule has 0 fully saturated rings. The minimum Gasteiger partial charge on any atom is -0.372 e. The highest BCUT2D eigenvalue weighted by Crippen LogP contribution is 2.27. The first kappa shape index (κ1) is 11.5. The van der Waals surface area contributed by atoms with Gasteiger partial charge in [-0.1, -0.05) is 12.2 Å². The van der Waals surface area contributed by atoms with Gasteiger partial charge in [0.2, 0.25) is 0 Å². The zero-order valence-electron chi connectivity index (χ0n) is 10.7. The molecule has 0 saturated heterocycles. The minimum atomic E-state index is 0.600. The second-order valence-corrected chi connectivity index (χ2v) is 4.97. The topological polar surface area (TPSA) is 42.2 Å². The number of amidine groups is 1. The molecule has 1 aliphatic carbocycles. The van der Waals surface area contributed by atoms with Crippen molar-refractivity contribution in [2.24, 2.45) is 4.99 Å². The van der Waals surface area contributed by atoms with Crippen molar-refractivity contribution in [1.29, 1.82) is 0 Å². The van der Waals surface area contributed by atoms with E-state index in [0.29, 0.717) is 5.92 Å². The second kappa shape index (κ2) is 5.38. The largest absolute Gasteiger partial charge is 0.372 e. The van der Waals surface area contributed by atoms with Gasteiger partial charge in [-0.2, -0.15) is 0 Å². The number of nitrogens with one attached hydrogen (secondary N) is 1. The summed E-state index contributed by atoms with van der Waals surface area (Å²) in [6.45, 7) is 2.92. The van der Waals surface area contributed by atoms with Gasteiger partial charge in [0.25, 0.3) is 0 Å². The monoisotopic (exact) mass is 244 g/mol. The van der Waals surface area contributed by atoms with E-state index in [2.05, 4.69) is 38.2 Å². The lowest BCUT2D eigenvalue weighted by Crippen LogP contribution is -2.21. The zero-order chi connectivity index (χ0) is 12.2. The Morgan fingerprint density at radius 3 is 3.17 bits per heavy atom. The fourth-order valence-corrected chi connectivity index (χ4v) is 2.74. The number of aliphatic imine (C=N–C) groups is 1. The molecule has 1 aromatic rings. The summed E-state index contributed by atoms with van der Waals surface area (Å²) in [7, 11) is 0. The van der Waals surface area contributed by atoms with E-state index >= 15 is 0 Å². The lowest BCUT2D eigenvalue weighted by molar-refractivity contribution is 0.539. The standard InChI is InChI=1S/C14H20N4/c1-2-4-12(5-3-1)14-17-9-11-18(14)10-6-13-15-7-8-16-13/h1-2,9,11-12H,3-8,10H2,(H,15,16). The van der Waals surface area contributed by atoms with Crippen LogP contribution in [-0.4, -0.2) is 28.5 Å².